The predicted octanol–water partition coefficient (Wildman–Crippen LogP) is 0.194. The minimum absolute atomic E-state index is 0.448. The Bertz CT molecular complexity index is 463. The van der Waals surface area contributed by atoms with Crippen LogP contribution in [0.25, 0.3) is 0 Å². The fourth-order valence-corrected chi connectivity index (χ4v) is 2.95. The van der Waals surface area contributed by atoms with Gasteiger partial charge < -0.3 is 9.47 Å². The van der Waals surface area contributed by atoms with Gasteiger partial charge in [-0.3, -0.25) is 14.4 Å². The summed E-state index contributed by atoms with van der Waals surface area (Å²) in [7, 11) is 0. The van der Waals surface area contributed by atoms with Gasteiger partial charge >= 0.3 is 17.9 Å². The van der Waals surface area contributed by atoms with E-state index in [1.165, 1.54) is 0 Å². The van der Waals surface area contributed by atoms with Crippen molar-refractivity contribution in [1.82, 2.24) is 0 Å². The second-order valence-electron chi connectivity index (χ2n) is 4.74. The third-order valence-electron chi connectivity index (χ3n) is 3.71. The lowest BCUT2D eigenvalue weighted by Gasteiger charge is -2.45. The molecule has 0 spiro atoms. The van der Waals surface area contributed by atoms with E-state index in [-0.39, 0.29) is 0 Å². The van der Waals surface area contributed by atoms with Crippen molar-refractivity contribution in [2.45, 2.75) is 20.0 Å². The summed E-state index contributed by atoms with van der Waals surface area (Å²) in [5.74, 6) is -3.00. The highest BCUT2D eigenvalue weighted by atomic mass is 16.6. The molecule has 5 heteroatoms. The van der Waals surface area contributed by atoms with Crippen molar-refractivity contribution in [1.29, 1.82) is 0 Å². The van der Waals surface area contributed by atoms with Crippen molar-refractivity contribution in [3.05, 3.63) is 11.6 Å². The van der Waals surface area contributed by atoms with Crippen LogP contribution in [0.2, 0.25) is 0 Å². The SMILES string of the molecule is CC1=C[C@@]2(C)C(=O)O[C@@H]1[C@H]1C(=O)OC(=O)[C@H]12. The first-order valence-corrected chi connectivity index (χ1v) is 5.11. The number of hydrogen-bond acceptors (Lipinski definition) is 5. The Hall–Kier alpha value is -1.65. The molecule has 2 saturated heterocycles. The quantitative estimate of drug-likeness (QED) is 0.332. The molecule has 0 aromatic carbocycles. The summed E-state index contributed by atoms with van der Waals surface area (Å²) < 4.78 is 9.78. The lowest BCUT2D eigenvalue weighted by molar-refractivity contribution is -0.180. The Balaban J connectivity index is 2.21. The molecule has 0 radical (unpaired) electrons. The normalized spacial score (nSPS) is 45.0. The number of fused-ring (bicyclic) bond motifs is 1. The van der Waals surface area contributed by atoms with Crippen LogP contribution >= 0.6 is 0 Å². The van der Waals surface area contributed by atoms with Crippen LogP contribution in [0, 0.1) is 17.3 Å². The van der Waals surface area contributed by atoms with Crippen LogP contribution in [0.5, 0.6) is 0 Å². The number of esters is 3. The fraction of sp³-hybridized carbons (Fsp3) is 0.545. The topological polar surface area (TPSA) is 69.7 Å². The maximum atomic E-state index is 11.7. The molecule has 84 valence electrons. The van der Waals surface area contributed by atoms with E-state index in [0.717, 1.165) is 5.57 Å². The molecule has 4 aliphatic rings. The molecule has 0 aromatic heterocycles. The van der Waals surface area contributed by atoms with Gasteiger partial charge in [0.25, 0.3) is 0 Å². The Morgan fingerprint density at radius 3 is 2.62 bits per heavy atom. The van der Waals surface area contributed by atoms with Crippen molar-refractivity contribution in [2.24, 2.45) is 17.3 Å². The fourth-order valence-electron chi connectivity index (χ4n) is 2.95. The van der Waals surface area contributed by atoms with Gasteiger partial charge in [-0.1, -0.05) is 6.08 Å². The Morgan fingerprint density at radius 2 is 1.94 bits per heavy atom. The Kier molecular flexibility index (Phi) is 1.51. The van der Waals surface area contributed by atoms with Crippen molar-refractivity contribution in [3.8, 4) is 0 Å². The first-order valence-electron chi connectivity index (χ1n) is 5.11. The van der Waals surface area contributed by atoms with Gasteiger partial charge in [0.15, 0.2) is 0 Å². The molecular formula is C11H10O5. The number of ether oxygens (including phenoxy) is 2. The zero-order valence-electron chi connectivity index (χ0n) is 8.85. The van der Waals surface area contributed by atoms with Crippen molar-refractivity contribution < 1.29 is 23.9 Å². The maximum Gasteiger partial charge on any atom is 0.321 e. The van der Waals surface area contributed by atoms with Crippen LogP contribution in [0.15, 0.2) is 11.6 Å². The van der Waals surface area contributed by atoms with Gasteiger partial charge in [0.2, 0.25) is 0 Å². The molecule has 1 aliphatic carbocycles. The number of hydrogen-bond donors (Lipinski definition) is 0. The standard InChI is InChI=1S/C11H10O5/c1-4-3-11(2)6-5(7(4)15-10(11)14)8(12)16-9(6)13/h3,5-7H,1-2H3/t5-,6-,7-,11+/m0/s1. The largest absolute Gasteiger partial charge is 0.456 e. The highest BCUT2D eigenvalue weighted by Gasteiger charge is 2.66. The molecule has 2 fully saturated rings. The minimum atomic E-state index is -1.05. The molecule has 3 aliphatic heterocycles. The molecule has 0 saturated carbocycles. The van der Waals surface area contributed by atoms with Gasteiger partial charge in [0.1, 0.15) is 12.0 Å². The van der Waals surface area contributed by atoms with Crippen molar-refractivity contribution in [2.75, 3.05) is 0 Å². The number of cyclic esters (lactones) is 2. The lowest BCUT2D eigenvalue weighted by Crippen LogP contribution is -2.56. The minimum Gasteiger partial charge on any atom is -0.456 e. The highest BCUT2D eigenvalue weighted by Crippen LogP contribution is 2.52. The van der Waals surface area contributed by atoms with Gasteiger partial charge in [-0.15, -0.1) is 0 Å². The average molecular weight is 222 g/mol. The predicted molar refractivity (Wildman–Crippen MR) is 49.8 cm³/mol. The molecule has 3 heterocycles. The van der Waals surface area contributed by atoms with Gasteiger partial charge in [-0.25, -0.2) is 0 Å². The van der Waals surface area contributed by atoms with E-state index in [4.69, 9.17) is 4.74 Å². The maximum absolute atomic E-state index is 11.7. The van der Waals surface area contributed by atoms with Gasteiger partial charge in [0, 0.05) is 0 Å². The molecule has 2 bridgehead atoms. The van der Waals surface area contributed by atoms with E-state index in [1.54, 1.807) is 19.9 Å². The Labute approximate surface area is 91.4 Å². The zero-order valence-corrected chi connectivity index (χ0v) is 8.85. The molecule has 16 heavy (non-hydrogen) atoms. The second-order valence-corrected chi connectivity index (χ2v) is 4.74. The summed E-state index contributed by atoms with van der Waals surface area (Å²) in [6, 6.07) is 0. The molecule has 4 atom stereocenters. The molecular weight excluding hydrogens is 212 g/mol. The number of carbonyl (C=O) groups excluding carboxylic acids is 3. The van der Waals surface area contributed by atoms with E-state index < -0.39 is 41.3 Å². The summed E-state index contributed by atoms with van der Waals surface area (Å²) in [5, 5.41) is 0. The Morgan fingerprint density at radius 1 is 1.25 bits per heavy atom. The van der Waals surface area contributed by atoms with Crippen molar-refractivity contribution >= 4 is 17.9 Å². The number of rotatable bonds is 0. The smallest absolute Gasteiger partial charge is 0.321 e. The van der Waals surface area contributed by atoms with Gasteiger partial charge in [-0.2, -0.15) is 0 Å². The monoisotopic (exact) mass is 222 g/mol. The van der Waals surface area contributed by atoms with E-state index in [9.17, 15) is 14.4 Å². The summed E-state index contributed by atoms with van der Waals surface area (Å²) in [5.41, 5.74) is -0.234. The van der Waals surface area contributed by atoms with Crippen LogP contribution in [-0.2, 0) is 23.9 Å². The van der Waals surface area contributed by atoms with E-state index >= 15 is 0 Å². The van der Waals surface area contributed by atoms with E-state index in [0.29, 0.717) is 0 Å². The summed E-state index contributed by atoms with van der Waals surface area (Å²) >= 11 is 0. The van der Waals surface area contributed by atoms with Crippen LogP contribution < -0.4 is 0 Å². The third kappa shape index (κ3) is 0.847. The lowest BCUT2D eigenvalue weighted by atomic mass is 9.62. The van der Waals surface area contributed by atoms with Crippen LogP contribution in [0.1, 0.15) is 13.8 Å². The highest BCUT2D eigenvalue weighted by molar-refractivity contribution is 6.03. The molecule has 0 aromatic rings. The van der Waals surface area contributed by atoms with Crippen LogP contribution in [0.3, 0.4) is 0 Å². The van der Waals surface area contributed by atoms with Gasteiger partial charge in [0.05, 0.1) is 11.3 Å². The summed E-state index contributed by atoms with van der Waals surface area (Å²) in [6.07, 6.45) is 1.10. The molecule has 0 unspecified atom stereocenters. The van der Waals surface area contributed by atoms with Crippen LogP contribution in [-0.4, -0.2) is 24.0 Å². The zero-order chi connectivity index (χ0) is 11.7. The molecule has 4 rings (SSSR count). The number of carbonyl (C=O) groups is 3. The second kappa shape index (κ2) is 2.53. The molecule has 5 nitrogen and oxygen atoms in total. The average Bonchev–Trinajstić information content (AvgIpc) is 2.47. The van der Waals surface area contributed by atoms with Crippen LogP contribution in [0.4, 0.5) is 0 Å². The van der Waals surface area contributed by atoms with Gasteiger partial charge in [-0.05, 0) is 19.4 Å². The van der Waals surface area contributed by atoms with E-state index in [2.05, 4.69) is 4.74 Å². The molecule has 0 N–H and O–H groups in total. The van der Waals surface area contributed by atoms with E-state index in [1.807, 2.05) is 0 Å². The third-order valence-corrected chi connectivity index (χ3v) is 3.71. The summed E-state index contributed by atoms with van der Waals surface area (Å²) in [4.78, 5) is 34.9. The molecule has 0 amide bonds. The first-order chi connectivity index (χ1) is 7.45. The summed E-state index contributed by atoms with van der Waals surface area (Å²) in [6.45, 7) is 3.41. The first kappa shape index (κ1) is 9.57. The van der Waals surface area contributed by atoms with Crippen molar-refractivity contribution in [3.63, 3.8) is 0 Å².